The highest BCUT2D eigenvalue weighted by atomic mass is 32.1. The van der Waals surface area contributed by atoms with Crippen molar-refractivity contribution in [1.82, 2.24) is 4.98 Å². The molecular weight excluding hydrogens is 271 g/mol. The van der Waals surface area contributed by atoms with E-state index in [4.69, 9.17) is 5.73 Å². The van der Waals surface area contributed by atoms with Crippen molar-refractivity contribution in [2.24, 2.45) is 5.73 Å². The molecule has 0 bridgehead atoms. The Morgan fingerprint density at radius 3 is 2.63 bits per heavy atom. The smallest absolute Gasteiger partial charge is 0.358 e. The number of nitrogens with zero attached hydrogens (tertiary/aromatic N) is 1. The number of aromatic nitrogens is 1. The molecule has 0 atom stereocenters. The van der Waals surface area contributed by atoms with Crippen LogP contribution >= 0.6 is 11.3 Å². The van der Waals surface area contributed by atoms with Gasteiger partial charge in [0.1, 0.15) is 10.8 Å². The van der Waals surface area contributed by atoms with Crippen molar-refractivity contribution in [2.45, 2.75) is 0 Å². The van der Waals surface area contributed by atoms with E-state index in [0.29, 0.717) is 10.6 Å². The zero-order chi connectivity index (χ0) is 13.8. The van der Waals surface area contributed by atoms with Crippen LogP contribution in [0.2, 0.25) is 0 Å². The summed E-state index contributed by atoms with van der Waals surface area (Å²) in [6.45, 7) is -0.484. The largest absolute Gasteiger partial charge is 0.451 e. The number of hydrogen-bond acceptors (Lipinski definition) is 5. The van der Waals surface area contributed by atoms with Crippen LogP contribution in [-0.4, -0.2) is 23.5 Å². The van der Waals surface area contributed by atoms with E-state index in [9.17, 15) is 14.0 Å². The normalized spacial score (nSPS) is 10.2. The van der Waals surface area contributed by atoms with E-state index in [1.807, 2.05) is 0 Å². The summed E-state index contributed by atoms with van der Waals surface area (Å²) >= 11 is 1.22. The van der Waals surface area contributed by atoms with E-state index in [1.165, 1.54) is 28.8 Å². The Balaban J connectivity index is 2.12. The van der Waals surface area contributed by atoms with Gasteiger partial charge in [-0.1, -0.05) is 0 Å². The van der Waals surface area contributed by atoms with Crippen LogP contribution < -0.4 is 5.73 Å². The standard InChI is InChI=1S/C12H9FN2O3S/c13-8-3-1-7(2-4-8)11-15-9(6-19-11)12(17)18-5-10(14)16/h1-4,6H,5H2,(H2,14,16). The molecule has 1 aromatic heterocycles. The van der Waals surface area contributed by atoms with Gasteiger partial charge in [-0.05, 0) is 24.3 Å². The highest BCUT2D eigenvalue weighted by Crippen LogP contribution is 2.24. The fourth-order valence-corrected chi connectivity index (χ4v) is 2.10. The molecule has 1 amide bonds. The number of carbonyl (C=O) groups excluding carboxylic acids is 2. The second-order valence-electron chi connectivity index (χ2n) is 3.59. The molecule has 0 spiro atoms. The summed E-state index contributed by atoms with van der Waals surface area (Å²) in [6.07, 6.45) is 0. The van der Waals surface area contributed by atoms with E-state index in [0.717, 1.165) is 0 Å². The van der Waals surface area contributed by atoms with Crippen molar-refractivity contribution < 1.29 is 18.7 Å². The van der Waals surface area contributed by atoms with Crippen molar-refractivity contribution in [3.05, 3.63) is 41.2 Å². The number of rotatable bonds is 4. The first-order valence-electron chi connectivity index (χ1n) is 5.23. The predicted molar refractivity (Wildman–Crippen MR) is 67.0 cm³/mol. The number of nitrogens with two attached hydrogens (primary N) is 1. The van der Waals surface area contributed by atoms with Crippen molar-refractivity contribution in [2.75, 3.05) is 6.61 Å². The third kappa shape index (κ3) is 3.35. The minimum absolute atomic E-state index is 0.0885. The van der Waals surface area contributed by atoms with Gasteiger partial charge in [0.05, 0.1) is 0 Å². The predicted octanol–water partition coefficient (Wildman–Crippen LogP) is 1.59. The first-order valence-corrected chi connectivity index (χ1v) is 6.11. The number of halogens is 1. The summed E-state index contributed by atoms with van der Waals surface area (Å²) in [5, 5.41) is 2.06. The molecule has 0 aliphatic rings. The third-order valence-electron chi connectivity index (χ3n) is 2.15. The zero-order valence-electron chi connectivity index (χ0n) is 9.63. The Hall–Kier alpha value is -2.28. The Morgan fingerprint density at radius 2 is 2.00 bits per heavy atom. The van der Waals surface area contributed by atoms with Crippen LogP contribution in [-0.2, 0) is 9.53 Å². The lowest BCUT2D eigenvalue weighted by atomic mass is 10.2. The Kier molecular flexibility index (Phi) is 3.86. The first kappa shape index (κ1) is 13.2. The van der Waals surface area contributed by atoms with Gasteiger partial charge in [0.2, 0.25) is 0 Å². The SMILES string of the molecule is NC(=O)COC(=O)c1csc(-c2ccc(F)cc2)n1. The van der Waals surface area contributed by atoms with E-state index in [-0.39, 0.29) is 11.5 Å². The van der Waals surface area contributed by atoms with Crippen LogP contribution in [0.5, 0.6) is 0 Å². The topological polar surface area (TPSA) is 82.3 Å². The number of carbonyl (C=O) groups is 2. The van der Waals surface area contributed by atoms with E-state index in [2.05, 4.69) is 9.72 Å². The number of hydrogen-bond donors (Lipinski definition) is 1. The van der Waals surface area contributed by atoms with Crippen molar-refractivity contribution in [3.8, 4) is 10.6 Å². The van der Waals surface area contributed by atoms with Gasteiger partial charge in [0, 0.05) is 10.9 Å². The molecule has 0 aliphatic carbocycles. The second-order valence-corrected chi connectivity index (χ2v) is 4.45. The van der Waals surface area contributed by atoms with Crippen molar-refractivity contribution in [1.29, 1.82) is 0 Å². The number of benzene rings is 1. The molecule has 5 nitrogen and oxygen atoms in total. The Morgan fingerprint density at radius 1 is 1.32 bits per heavy atom. The van der Waals surface area contributed by atoms with Gasteiger partial charge in [-0.15, -0.1) is 11.3 Å². The molecule has 0 aliphatic heterocycles. The van der Waals surface area contributed by atoms with E-state index >= 15 is 0 Å². The molecule has 19 heavy (non-hydrogen) atoms. The maximum absolute atomic E-state index is 12.8. The minimum Gasteiger partial charge on any atom is -0.451 e. The van der Waals surface area contributed by atoms with Gasteiger partial charge in [0.25, 0.3) is 5.91 Å². The molecule has 98 valence electrons. The number of ether oxygens (including phenoxy) is 1. The summed E-state index contributed by atoms with van der Waals surface area (Å²) in [4.78, 5) is 26.0. The summed E-state index contributed by atoms with van der Waals surface area (Å²) < 4.78 is 17.4. The van der Waals surface area contributed by atoms with Crippen LogP contribution in [0, 0.1) is 5.82 Å². The number of esters is 1. The van der Waals surface area contributed by atoms with Gasteiger partial charge >= 0.3 is 5.97 Å². The lowest BCUT2D eigenvalue weighted by molar-refractivity contribution is -0.121. The zero-order valence-corrected chi connectivity index (χ0v) is 10.4. The molecular formula is C12H9FN2O3S. The minimum atomic E-state index is -0.734. The third-order valence-corrected chi connectivity index (χ3v) is 3.04. The van der Waals surface area contributed by atoms with E-state index < -0.39 is 18.5 Å². The van der Waals surface area contributed by atoms with Gasteiger partial charge in [-0.25, -0.2) is 14.2 Å². The summed E-state index contributed by atoms with van der Waals surface area (Å²) in [5.41, 5.74) is 5.64. The number of thiazole rings is 1. The maximum Gasteiger partial charge on any atom is 0.358 e. The molecule has 7 heteroatoms. The van der Waals surface area contributed by atoms with Crippen LogP contribution in [0.4, 0.5) is 4.39 Å². The molecule has 2 N–H and O–H groups in total. The quantitative estimate of drug-likeness (QED) is 0.862. The van der Waals surface area contributed by atoms with Gasteiger partial charge in [-0.2, -0.15) is 0 Å². The highest BCUT2D eigenvalue weighted by molar-refractivity contribution is 7.13. The summed E-state index contributed by atoms with van der Waals surface area (Å²) in [5.74, 6) is -1.80. The van der Waals surface area contributed by atoms with Gasteiger partial charge in [0.15, 0.2) is 12.3 Å². The lowest BCUT2D eigenvalue weighted by Gasteiger charge is -1.98. The Bertz CT molecular complexity index is 610. The lowest BCUT2D eigenvalue weighted by Crippen LogP contribution is -2.21. The molecule has 1 aromatic carbocycles. The molecule has 2 rings (SSSR count). The fourth-order valence-electron chi connectivity index (χ4n) is 1.30. The average Bonchev–Trinajstić information content (AvgIpc) is 2.86. The highest BCUT2D eigenvalue weighted by Gasteiger charge is 2.14. The molecule has 0 unspecified atom stereocenters. The van der Waals surface area contributed by atoms with Gasteiger partial charge < -0.3 is 10.5 Å². The second kappa shape index (κ2) is 5.57. The monoisotopic (exact) mass is 280 g/mol. The molecule has 0 saturated carbocycles. The average molecular weight is 280 g/mol. The van der Waals surface area contributed by atoms with Crippen LogP contribution in [0.3, 0.4) is 0 Å². The van der Waals surface area contributed by atoms with E-state index in [1.54, 1.807) is 12.1 Å². The number of primary amides is 1. The van der Waals surface area contributed by atoms with Crippen molar-refractivity contribution >= 4 is 23.2 Å². The molecule has 2 aromatic rings. The maximum atomic E-state index is 12.8. The molecule has 0 radical (unpaired) electrons. The van der Waals surface area contributed by atoms with Crippen LogP contribution in [0.15, 0.2) is 29.6 Å². The summed E-state index contributed by atoms with van der Waals surface area (Å²) in [7, 11) is 0. The van der Waals surface area contributed by atoms with Gasteiger partial charge in [-0.3, -0.25) is 4.79 Å². The fraction of sp³-hybridized carbons (Fsp3) is 0.0833. The molecule has 0 saturated heterocycles. The number of amides is 1. The van der Waals surface area contributed by atoms with Crippen molar-refractivity contribution in [3.63, 3.8) is 0 Å². The Labute approximate surface area is 111 Å². The summed E-state index contributed by atoms with van der Waals surface area (Å²) in [6, 6.07) is 5.74. The van der Waals surface area contributed by atoms with Crippen LogP contribution in [0.1, 0.15) is 10.5 Å². The molecule has 0 fully saturated rings. The molecule has 1 heterocycles. The first-order chi connectivity index (χ1) is 9.06. The van der Waals surface area contributed by atoms with Crippen LogP contribution in [0.25, 0.3) is 10.6 Å².